The maximum Gasteiger partial charge on any atom is 0.270 e. The van der Waals surface area contributed by atoms with Gasteiger partial charge in [0, 0.05) is 42.3 Å². The second-order valence-corrected chi connectivity index (χ2v) is 9.78. The number of rotatable bonds is 5. The molecule has 0 bridgehead atoms. The van der Waals surface area contributed by atoms with Crippen molar-refractivity contribution in [3.63, 3.8) is 0 Å². The van der Waals surface area contributed by atoms with Crippen LogP contribution in [0.5, 0.6) is 5.75 Å². The first-order chi connectivity index (χ1) is 17.0. The largest absolute Gasteiger partial charge is 0.497 e. The van der Waals surface area contributed by atoms with Crippen molar-refractivity contribution in [1.29, 1.82) is 0 Å². The fourth-order valence-electron chi connectivity index (χ4n) is 5.24. The number of carbonyl (C=O) groups is 1. The molecule has 1 saturated heterocycles. The third kappa shape index (κ3) is 4.37. The summed E-state index contributed by atoms with van der Waals surface area (Å²) in [6.45, 7) is 4.48. The number of aromatic nitrogens is 1. The molecule has 2 aliphatic rings. The molecular weight excluding hydrogens is 481 g/mol. The molecule has 3 heterocycles. The topological polar surface area (TPSA) is 37.7 Å². The SMILES string of the molecule is CC=Cc1c2c(n(-c3ccc(Cl)cc3Cl)c1-c1ccc(OC)cc1)CCN(N1CCCCC1)C2=O. The minimum atomic E-state index is 0.0554. The predicted octanol–water partition coefficient (Wildman–Crippen LogP) is 6.89. The number of fused-ring (bicyclic) bond motifs is 1. The summed E-state index contributed by atoms with van der Waals surface area (Å²) in [5, 5.41) is 5.31. The summed E-state index contributed by atoms with van der Waals surface area (Å²) in [5.74, 6) is 0.834. The fourth-order valence-corrected chi connectivity index (χ4v) is 5.73. The Kier molecular flexibility index (Phi) is 6.92. The molecule has 0 atom stereocenters. The first-order valence-corrected chi connectivity index (χ1v) is 12.9. The maximum absolute atomic E-state index is 14.0. The van der Waals surface area contributed by atoms with Crippen molar-refractivity contribution in [2.24, 2.45) is 0 Å². The number of methoxy groups -OCH3 is 1. The summed E-state index contributed by atoms with van der Waals surface area (Å²) in [5.41, 5.74) is 5.37. The van der Waals surface area contributed by atoms with E-state index in [2.05, 4.69) is 9.58 Å². The molecule has 3 aromatic rings. The number of hydrogen-bond donors (Lipinski definition) is 0. The van der Waals surface area contributed by atoms with E-state index < -0.39 is 0 Å². The average Bonchev–Trinajstić information content (AvgIpc) is 3.19. The van der Waals surface area contributed by atoms with Gasteiger partial charge in [-0.2, -0.15) is 0 Å². The summed E-state index contributed by atoms with van der Waals surface area (Å²) >= 11 is 13.0. The molecule has 2 aromatic carbocycles. The molecule has 35 heavy (non-hydrogen) atoms. The van der Waals surface area contributed by atoms with E-state index in [1.54, 1.807) is 13.2 Å². The molecule has 1 fully saturated rings. The Balaban J connectivity index is 1.76. The fraction of sp³-hybridized carbons (Fsp3) is 0.321. The van der Waals surface area contributed by atoms with Gasteiger partial charge in [-0.25, -0.2) is 5.01 Å². The van der Waals surface area contributed by atoms with Crippen LogP contribution in [-0.4, -0.2) is 47.2 Å². The average molecular weight is 510 g/mol. The van der Waals surface area contributed by atoms with Crippen LogP contribution in [0.2, 0.25) is 10.0 Å². The van der Waals surface area contributed by atoms with Crippen LogP contribution in [0.25, 0.3) is 23.0 Å². The standard InChI is InChI=1S/C28H29Cl2N3O2/c1-3-7-22-26-25(14-17-32(28(26)34)31-15-5-4-6-16-31)33(24-13-10-20(29)18-23(24)30)27(22)19-8-11-21(35-2)12-9-19/h3,7-13,18H,4-6,14-17H2,1-2H3. The number of hydrazine groups is 1. The zero-order valence-corrected chi connectivity index (χ0v) is 21.6. The molecule has 1 aromatic heterocycles. The van der Waals surface area contributed by atoms with Crippen molar-refractivity contribution in [2.75, 3.05) is 26.7 Å². The molecule has 0 aliphatic carbocycles. The van der Waals surface area contributed by atoms with Crippen molar-refractivity contribution in [3.8, 4) is 22.7 Å². The predicted molar refractivity (Wildman–Crippen MR) is 143 cm³/mol. The van der Waals surface area contributed by atoms with Crippen molar-refractivity contribution in [1.82, 2.24) is 14.6 Å². The quantitative estimate of drug-likeness (QED) is 0.375. The van der Waals surface area contributed by atoms with E-state index in [4.69, 9.17) is 27.9 Å². The van der Waals surface area contributed by atoms with E-state index in [9.17, 15) is 4.79 Å². The monoisotopic (exact) mass is 509 g/mol. The van der Waals surface area contributed by atoms with Gasteiger partial charge in [0.25, 0.3) is 5.91 Å². The molecule has 0 radical (unpaired) electrons. The Morgan fingerprint density at radius 3 is 2.37 bits per heavy atom. The van der Waals surface area contributed by atoms with Gasteiger partial charge in [-0.3, -0.25) is 9.80 Å². The highest BCUT2D eigenvalue weighted by Gasteiger charge is 2.36. The molecule has 7 heteroatoms. The third-order valence-corrected chi connectivity index (χ3v) is 7.37. The van der Waals surface area contributed by atoms with E-state index in [0.717, 1.165) is 71.9 Å². The van der Waals surface area contributed by atoms with Crippen LogP contribution in [0, 0.1) is 0 Å². The normalized spacial score (nSPS) is 16.7. The summed E-state index contributed by atoms with van der Waals surface area (Å²) in [6, 6.07) is 13.5. The zero-order valence-electron chi connectivity index (χ0n) is 20.1. The second kappa shape index (κ2) is 10.1. The Bertz CT molecular complexity index is 1270. The van der Waals surface area contributed by atoms with E-state index in [1.807, 2.05) is 60.5 Å². The molecule has 182 valence electrons. The van der Waals surface area contributed by atoms with Crippen LogP contribution < -0.4 is 4.74 Å². The van der Waals surface area contributed by atoms with Gasteiger partial charge >= 0.3 is 0 Å². The maximum atomic E-state index is 14.0. The van der Waals surface area contributed by atoms with Crippen molar-refractivity contribution in [2.45, 2.75) is 32.6 Å². The lowest BCUT2D eigenvalue weighted by Crippen LogP contribution is -2.51. The third-order valence-electron chi connectivity index (χ3n) is 6.84. The molecule has 0 N–H and O–H groups in total. The summed E-state index contributed by atoms with van der Waals surface area (Å²) in [4.78, 5) is 14.0. The highest BCUT2D eigenvalue weighted by atomic mass is 35.5. The van der Waals surface area contributed by atoms with E-state index in [-0.39, 0.29) is 5.91 Å². The molecule has 2 aliphatic heterocycles. The number of nitrogens with zero attached hydrogens (tertiary/aromatic N) is 3. The van der Waals surface area contributed by atoms with Crippen LogP contribution in [-0.2, 0) is 6.42 Å². The number of allylic oxidation sites excluding steroid dienone is 1. The number of carbonyl (C=O) groups excluding carboxylic acids is 1. The van der Waals surface area contributed by atoms with Gasteiger partial charge in [0.15, 0.2) is 0 Å². The van der Waals surface area contributed by atoms with Gasteiger partial charge in [-0.05, 0) is 67.8 Å². The number of benzene rings is 2. The van der Waals surface area contributed by atoms with Crippen LogP contribution in [0.1, 0.15) is 47.8 Å². The van der Waals surface area contributed by atoms with Crippen molar-refractivity contribution in [3.05, 3.63) is 75.4 Å². The lowest BCUT2D eigenvalue weighted by Gasteiger charge is -2.39. The van der Waals surface area contributed by atoms with E-state index >= 15 is 0 Å². The van der Waals surface area contributed by atoms with Gasteiger partial charge in [0.2, 0.25) is 0 Å². The van der Waals surface area contributed by atoms with E-state index in [0.29, 0.717) is 16.6 Å². The van der Waals surface area contributed by atoms with Crippen molar-refractivity contribution < 1.29 is 9.53 Å². The molecule has 1 amide bonds. The molecule has 5 nitrogen and oxygen atoms in total. The van der Waals surface area contributed by atoms with E-state index in [1.165, 1.54) is 6.42 Å². The Hall–Kier alpha value is -2.73. The minimum Gasteiger partial charge on any atom is -0.497 e. The number of ether oxygens (including phenoxy) is 1. The van der Waals surface area contributed by atoms with Gasteiger partial charge in [0.1, 0.15) is 5.75 Å². The first-order valence-electron chi connectivity index (χ1n) is 12.1. The van der Waals surface area contributed by atoms with Crippen LogP contribution in [0.3, 0.4) is 0 Å². The summed E-state index contributed by atoms with van der Waals surface area (Å²) < 4.78 is 7.54. The molecule has 0 unspecified atom stereocenters. The summed E-state index contributed by atoms with van der Waals surface area (Å²) in [7, 11) is 1.66. The van der Waals surface area contributed by atoms with Crippen LogP contribution >= 0.6 is 23.2 Å². The first kappa shape index (κ1) is 24.0. The van der Waals surface area contributed by atoms with Crippen LogP contribution in [0.4, 0.5) is 0 Å². The minimum absolute atomic E-state index is 0.0554. The lowest BCUT2D eigenvalue weighted by molar-refractivity contribution is -0.0237. The van der Waals surface area contributed by atoms with Gasteiger partial charge in [-0.15, -0.1) is 0 Å². The Morgan fingerprint density at radius 1 is 0.971 bits per heavy atom. The Morgan fingerprint density at radius 2 is 1.71 bits per heavy atom. The molecule has 5 rings (SSSR count). The number of halogens is 2. The number of hydrogen-bond acceptors (Lipinski definition) is 3. The van der Waals surface area contributed by atoms with Gasteiger partial charge in [0.05, 0.1) is 29.1 Å². The highest BCUT2D eigenvalue weighted by Crippen LogP contribution is 2.41. The van der Waals surface area contributed by atoms with Crippen LogP contribution in [0.15, 0.2) is 48.5 Å². The molecule has 0 saturated carbocycles. The zero-order chi connectivity index (χ0) is 24.5. The molecular formula is C28H29Cl2N3O2. The van der Waals surface area contributed by atoms with Crippen molar-refractivity contribution >= 4 is 35.2 Å². The molecule has 0 spiro atoms. The second-order valence-electron chi connectivity index (χ2n) is 8.94. The number of amides is 1. The summed E-state index contributed by atoms with van der Waals surface area (Å²) in [6.07, 6.45) is 8.23. The Labute approximate surface area is 216 Å². The smallest absolute Gasteiger partial charge is 0.270 e. The lowest BCUT2D eigenvalue weighted by atomic mass is 9.99. The van der Waals surface area contributed by atoms with Gasteiger partial charge < -0.3 is 9.30 Å². The van der Waals surface area contributed by atoms with Gasteiger partial charge in [-0.1, -0.05) is 41.8 Å². The highest BCUT2D eigenvalue weighted by molar-refractivity contribution is 6.35. The number of piperidine rings is 1.